The van der Waals surface area contributed by atoms with Gasteiger partial charge in [0, 0.05) is 36.3 Å². The van der Waals surface area contributed by atoms with Crippen molar-refractivity contribution in [3.05, 3.63) is 63.9 Å². The normalized spacial score (nSPS) is 16.0. The molecule has 10 heteroatoms. The number of rotatable bonds is 5. The van der Waals surface area contributed by atoms with Crippen molar-refractivity contribution in [2.24, 2.45) is 0 Å². The Morgan fingerprint density at radius 1 is 1.16 bits per heavy atom. The maximum atomic E-state index is 12.7. The summed E-state index contributed by atoms with van der Waals surface area (Å²) >= 11 is 12.3. The highest BCUT2D eigenvalue weighted by Gasteiger charge is 2.22. The molecule has 1 aliphatic heterocycles. The Balaban J connectivity index is 1.52. The van der Waals surface area contributed by atoms with Crippen LogP contribution in [0.15, 0.2) is 42.6 Å². The van der Waals surface area contributed by atoms with Crippen LogP contribution in [0.25, 0.3) is 0 Å². The van der Waals surface area contributed by atoms with Crippen molar-refractivity contribution in [1.82, 2.24) is 15.0 Å². The van der Waals surface area contributed by atoms with Gasteiger partial charge in [0.1, 0.15) is 11.6 Å². The van der Waals surface area contributed by atoms with Gasteiger partial charge in [-0.15, -0.1) is 0 Å². The van der Waals surface area contributed by atoms with Gasteiger partial charge in [-0.05, 0) is 32.0 Å². The number of carbonyl (C=O) groups is 1. The Kier molecular flexibility index (Phi) is 6.74. The van der Waals surface area contributed by atoms with Gasteiger partial charge in [0.25, 0.3) is 5.91 Å². The zero-order valence-electron chi connectivity index (χ0n) is 17.6. The summed E-state index contributed by atoms with van der Waals surface area (Å²) in [7, 11) is 0. The number of hydrogen-bond donors (Lipinski definition) is 2. The van der Waals surface area contributed by atoms with Crippen LogP contribution in [0.2, 0.25) is 10.0 Å². The van der Waals surface area contributed by atoms with Gasteiger partial charge >= 0.3 is 0 Å². The lowest BCUT2D eigenvalue weighted by molar-refractivity contribution is 0.0981. The first-order valence-electron chi connectivity index (χ1n) is 10.1. The number of ether oxygens (including phenoxy) is 1. The molecule has 0 saturated carbocycles. The number of nitrogens with zero attached hydrogens (tertiary/aromatic N) is 4. The zero-order chi connectivity index (χ0) is 22.7. The average molecular weight is 473 g/mol. The summed E-state index contributed by atoms with van der Waals surface area (Å²) in [6, 6.07) is 10.3. The maximum absolute atomic E-state index is 12.7. The topological polar surface area (TPSA) is 92.3 Å². The summed E-state index contributed by atoms with van der Waals surface area (Å²) in [6.07, 6.45) is 1.59. The standard InChI is InChI=1S/C22H22Cl2N6O2/c1-13-10-19(29-22(26-13)30-8-9-32-12-14(30)2)28-18-11-15(6-7-25-18)27-21(31)20-16(23)4-3-5-17(20)24/h3-7,10-11,14H,8-9,12H2,1-2H3,(H2,25,26,27,28,29,31)/t14-/m0/s1. The number of anilines is 4. The molecule has 1 saturated heterocycles. The summed E-state index contributed by atoms with van der Waals surface area (Å²) in [5.41, 5.74) is 1.59. The van der Waals surface area contributed by atoms with Gasteiger partial charge < -0.3 is 20.3 Å². The zero-order valence-corrected chi connectivity index (χ0v) is 19.1. The number of pyridine rings is 1. The summed E-state index contributed by atoms with van der Waals surface area (Å²) < 4.78 is 5.51. The van der Waals surface area contributed by atoms with Crippen LogP contribution < -0.4 is 15.5 Å². The van der Waals surface area contributed by atoms with Crippen LogP contribution in [0.1, 0.15) is 23.0 Å². The smallest absolute Gasteiger partial charge is 0.258 e. The molecular weight excluding hydrogens is 451 g/mol. The highest BCUT2D eigenvalue weighted by molar-refractivity contribution is 6.40. The number of halogens is 2. The number of morpholine rings is 1. The number of aryl methyl sites for hydroxylation is 1. The Labute approximate surface area is 195 Å². The van der Waals surface area contributed by atoms with E-state index in [1.54, 1.807) is 36.5 Å². The van der Waals surface area contributed by atoms with E-state index in [9.17, 15) is 4.79 Å². The lowest BCUT2D eigenvalue weighted by Gasteiger charge is -2.33. The van der Waals surface area contributed by atoms with E-state index in [4.69, 9.17) is 27.9 Å². The van der Waals surface area contributed by atoms with Crippen molar-refractivity contribution >= 4 is 52.4 Å². The summed E-state index contributed by atoms with van der Waals surface area (Å²) in [6.45, 7) is 6.01. The summed E-state index contributed by atoms with van der Waals surface area (Å²) in [5.74, 6) is 1.36. The molecule has 4 rings (SSSR count). The first-order chi connectivity index (χ1) is 15.4. The van der Waals surface area contributed by atoms with Gasteiger partial charge in [-0.3, -0.25) is 4.79 Å². The second-order valence-electron chi connectivity index (χ2n) is 7.42. The number of aromatic nitrogens is 3. The van der Waals surface area contributed by atoms with Gasteiger partial charge in [-0.1, -0.05) is 29.3 Å². The molecule has 2 aromatic heterocycles. The molecule has 0 radical (unpaired) electrons. The van der Waals surface area contributed by atoms with Crippen LogP contribution in [0.5, 0.6) is 0 Å². The van der Waals surface area contributed by atoms with Gasteiger partial charge in [-0.25, -0.2) is 9.97 Å². The van der Waals surface area contributed by atoms with Crippen molar-refractivity contribution in [2.75, 3.05) is 35.3 Å². The van der Waals surface area contributed by atoms with E-state index < -0.39 is 5.91 Å². The largest absolute Gasteiger partial charge is 0.377 e. The average Bonchev–Trinajstić information content (AvgIpc) is 2.74. The van der Waals surface area contributed by atoms with Gasteiger partial charge in [0.15, 0.2) is 0 Å². The molecule has 1 aromatic carbocycles. The predicted octanol–water partition coefficient (Wildman–Crippen LogP) is 4.71. The van der Waals surface area contributed by atoms with Gasteiger partial charge in [0.05, 0.1) is 34.9 Å². The fourth-order valence-electron chi connectivity index (χ4n) is 3.39. The van der Waals surface area contributed by atoms with E-state index in [0.29, 0.717) is 36.5 Å². The molecule has 2 N–H and O–H groups in total. The number of amides is 1. The molecular formula is C22H22Cl2N6O2. The third kappa shape index (κ3) is 5.09. The SMILES string of the molecule is Cc1cc(Nc2cc(NC(=O)c3c(Cl)cccc3Cl)ccn2)nc(N2CCOC[C@@H]2C)n1. The number of benzene rings is 1. The maximum Gasteiger partial charge on any atom is 0.258 e. The minimum Gasteiger partial charge on any atom is -0.377 e. The minimum atomic E-state index is -0.403. The molecule has 1 fully saturated rings. The van der Waals surface area contributed by atoms with Crippen LogP contribution in [0.4, 0.5) is 23.3 Å². The minimum absolute atomic E-state index is 0.187. The number of hydrogen-bond acceptors (Lipinski definition) is 7. The Morgan fingerprint density at radius 3 is 2.69 bits per heavy atom. The number of nitrogens with one attached hydrogen (secondary N) is 2. The van der Waals surface area contributed by atoms with Crippen molar-refractivity contribution in [2.45, 2.75) is 19.9 Å². The monoisotopic (exact) mass is 472 g/mol. The molecule has 3 heterocycles. The van der Waals surface area contributed by atoms with E-state index in [1.165, 1.54) is 0 Å². The first-order valence-corrected chi connectivity index (χ1v) is 10.8. The van der Waals surface area contributed by atoms with Crippen LogP contribution in [-0.2, 0) is 4.74 Å². The summed E-state index contributed by atoms with van der Waals surface area (Å²) in [4.78, 5) is 28.3. The predicted molar refractivity (Wildman–Crippen MR) is 126 cm³/mol. The van der Waals surface area contributed by atoms with E-state index in [1.807, 2.05) is 13.0 Å². The van der Waals surface area contributed by atoms with Gasteiger partial charge in [-0.2, -0.15) is 4.98 Å². The third-order valence-electron chi connectivity index (χ3n) is 4.93. The Morgan fingerprint density at radius 2 is 1.94 bits per heavy atom. The van der Waals surface area contributed by atoms with Crippen LogP contribution >= 0.6 is 23.2 Å². The molecule has 3 aromatic rings. The van der Waals surface area contributed by atoms with Gasteiger partial charge in [0.2, 0.25) is 5.95 Å². The Hall–Kier alpha value is -2.94. The van der Waals surface area contributed by atoms with E-state index in [-0.39, 0.29) is 21.7 Å². The third-order valence-corrected chi connectivity index (χ3v) is 5.56. The molecule has 0 unspecified atom stereocenters. The lowest BCUT2D eigenvalue weighted by Crippen LogP contribution is -2.44. The Bertz CT molecular complexity index is 1120. The molecule has 166 valence electrons. The fraction of sp³-hybridized carbons (Fsp3) is 0.273. The molecule has 32 heavy (non-hydrogen) atoms. The fourth-order valence-corrected chi connectivity index (χ4v) is 3.95. The number of carbonyl (C=O) groups excluding carboxylic acids is 1. The van der Waals surface area contributed by atoms with Crippen LogP contribution in [0.3, 0.4) is 0 Å². The van der Waals surface area contributed by atoms with E-state index in [2.05, 4.69) is 37.4 Å². The molecule has 0 spiro atoms. The lowest BCUT2D eigenvalue weighted by atomic mass is 10.2. The van der Waals surface area contributed by atoms with Crippen molar-refractivity contribution in [3.8, 4) is 0 Å². The first kappa shape index (κ1) is 22.3. The molecule has 1 amide bonds. The van der Waals surface area contributed by atoms with E-state index >= 15 is 0 Å². The molecule has 8 nitrogen and oxygen atoms in total. The van der Waals surface area contributed by atoms with E-state index in [0.717, 1.165) is 12.2 Å². The second kappa shape index (κ2) is 9.68. The highest BCUT2D eigenvalue weighted by atomic mass is 35.5. The van der Waals surface area contributed by atoms with Crippen molar-refractivity contribution < 1.29 is 9.53 Å². The molecule has 0 aliphatic carbocycles. The van der Waals surface area contributed by atoms with Crippen LogP contribution in [0, 0.1) is 6.92 Å². The van der Waals surface area contributed by atoms with Crippen molar-refractivity contribution in [3.63, 3.8) is 0 Å². The van der Waals surface area contributed by atoms with Crippen molar-refractivity contribution in [1.29, 1.82) is 0 Å². The van der Waals surface area contributed by atoms with Crippen LogP contribution in [-0.4, -0.2) is 46.7 Å². The summed E-state index contributed by atoms with van der Waals surface area (Å²) in [5, 5.41) is 6.56. The molecule has 1 aliphatic rings. The highest BCUT2D eigenvalue weighted by Crippen LogP contribution is 2.26. The molecule has 1 atom stereocenters. The molecule has 0 bridgehead atoms. The second-order valence-corrected chi connectivity index (χ2v) is 8.23. The quantitative estimate of drug-likeness (QED) is 0.555.